The molecule has 2 rings (SSSR count). The topological polar surface area (TPSA) is 29.5 Å². The van der Waals surface area contributed by atoms with E-state index >= 15 is 0 Å². The molecule has 0 amide bonds. The molecule has 1 aromatic carbocycles. The van der Waals surface area contributed by atoms with Crippen molar-refractivity contribution < 1.29 is 9.53 Å². The molecule has 20 heavy (non-hydrogen) atoms. The molecule has 0 spiro atoms. The second kappa shape index (κ2) is 7.22. The number of nitrogens with zero attached hydrogens (tertiary/aromatic N) is 1. The summed E-state index contributed by atoms with van der Waals surface area (Å²) in [7, 11) is 3.53. The van der Waals surface area contributed by atoms with Crippen molar-refractivity contribution >= 4 is 34.6 Å². The van der Waals surface area contributed by atoms with Gasteiger partial charge >= 0.3 is 5.97 Å². The van der Waals surface area contributed by atoms with Gasteiger partial charge in [0.2, 0.25) is 0 Å². The van der Waals surface area contributed by atoms with Gasteiger partial charge in [-0.05, 0) is 47.2 Å². The summed E-state index contributed by atoms with van der Waals surface area (Å²) in [6, 6.07) is 8.49. The molecule has 0 N–H and O–H groups in total. The fourth-order valence-corrected chi connectivity index (χ4v) is 3.25. The lowest BCUT2D eigenvalue weighted by Crippen LogP contribution is -2.41. The Bertz CT molecular complexity index is 484. The number of hydrogen-bond donors (Lipinski definition) is 0. The lowest BCUT2D eigenvalue weighted by molar-refractivity contribution is -0.148. The highest BCUT2D eigenvalue weighted by molar-refractivity contribution is 14.1. The Morgan fingerprint density at radius 2 is 2.10 bits per heavy atom. The summed E-state index contributed by atoms with van der Waals surface area (Å²) >= 11 is 2.21. The second-order valence-corrected chi connectivity index (χ2v) is 5.97. The summed E-state index contributed by atoms with van der Waals surface area (Å²) in [6.07, 6.45) is 3.06. The van der Waals surface area contributed by atoms with Crippen LogP contribution in [0.15, 0.2) is 28.3 Å². The Labute approximate surface area is 134 Å². The smallest absolute Gasteiger partial charge is 0.310 e. The van der Waals surface area contributed by atoms with Crippen molar-refractivity contribution in [1.82, 2.24) is 4.90 Å². The third kappa shape index (κ3) is 3.61. The minimum Gasteiger partial charge on any atom is -0.469 e. The van der Waals surface area contributed by atoms with E-state index in [4.69, 9.17) is 4.74 Å². The van der Waals surface area contributed by atoms with Gasteiger partial charge in [0.15, 0.2) is 0 Å². The minimum absolute atomic E-state index is 0.0651. The quantitative estimate of drug-likeness (QED) is 0.591. The molecular weight excluding hydrogens is 365 g/mol. The maximum Gasteiger partial charge on any atom is 0.310 e. The summed E-state index contributed by atoms with van der Waals surface area (Å²) in [6.45, 7) is 1.79. The van der Waals surface area contributed by atoms with Gasteiger partial charge in [0.25, 0.3) is 0 Å². The Hall–Kier alpha value is -0.880. The number of benzene rings is 1. The molecule has 0 bridgehead atoms. The van der Waals surface area contributed by atoms with Crippen molar-refractivity contribution in [3.63, 3.8) is 0 Å². The fourth-order valence-electron chi connectivity index (χ4n) is 2.83. The first-order valence-electron chi connectivity index (χ1n) is 6.78. The number of carbonyl (C=O) groups is 1. The molecule has 2 unspecified atom stereocenters. The molecule has 1 aromatic rings. The third-order valence-corrected chi connectivity index (χ3v) is 4.30. The van der Waals surface area contributed by atoms with Gasteiger partial charge < -0.3 is 9.64 Å². The van der Waals surface area contributed by atoms with E-state index in [1.165, 1.54) is 18.2 Å². The maximum atomic E-state index is 12.0. The first-order valence-corrected chi connectivity index (χ1v) is 8.03. The Kier molecular flexibility index (Phi) is 5.60. The highest BCUT2D eigenvalue weighted by atomic mass is 127. The molecule has 1 fully saturated rings. The number of esters is 1. The van der Waals surface area contributed by atoms with E-state index in [-0.39, 0.29) is 17.8 Å². The monoisotopic (exact) mass is 385 g/mol. The van der Waals surface area contributed by atoms with Crippen molar-refractivity contribution in [2.45, 2.75) is 12.3 Å². The van der Waals surface area contributed by atoms with Crippen LogP contribution in [0.4, 0.5) is 0 Å². The predicted octanol–water partition coefficient (Wildman–Crippen LogP) is 3.30. The highest BCUT2D eigenvalue weighted by Crippen LogP contribution is 2.33. The molecule has 1 aliphatic heterocycles. The van der Waals surface area contributed by atoms with E-state index < -0.39 is 0 Å². The summed E-state index contributed by atoms with van der Waals surface area (Å²) in [5.41, 5.74) is 2.42. The summed E-state index contributed by atoms with van der Waals surface area (Å²) in [4.78, 5) is 14.2. The normalized spacial score (nSPS) is 23.9. The van der Waals surface area contributed by atoms with Crippen LogP contribution in [0.2, 0.25) is 0 Å². The lowest BCUT2D eigenvalue weighted by Gasteiger charge is -2.35. The van der Waals surface area contributed by atoms with Crippen molar-refractivity contribution in [1.29, 1.82) is 0 Å². The van der Waals surface area contributed by atoms with Crippen LogP contribution in [0.5, 0.6) is 0 Å². The number of ether oxygens (including phenoxy) is 1. The highest BCUT2D eigenvalue weighted by Gasteiger charge is 2.34. The van der Waals surface area contributed by atoms with Crippen LogP contribution in [-0.4, -0.2) is 38.1 Å². The van der Waals surface area contributed by atoms with Crippen molar-refractivity contribution in [3.8, 4) is 0 Å². The summed E-state index contributed by atoms with van der Waals surface area (Å²) < 4.78 is 6.97. The number of piperidine rings is 1. The number of hydrogen-bond acceptors (Lipinski definition) is 3. The third-order valence-electron chi connectivity index (χ3n) is 3.94. The van der Waals surface area contributed by atoms with Crippen LogP contribution in [0.25, 0.3) is 6.08 Å². The van der Waals surface area contributed by atoms with Gasteiger partial charge in [-0.1, -0.05) is 46.9 Å². The first kappa shape index (κ1) is 15.5. The fraction of sp³-hybridized carbons (Fsp3) is 0.438. The Morgan fingerprint density at radius 1 is 1.40 bits per heavy atom. The van der Waals surface area contributed by atoms with Gasteiger partial charge in [-0.15, -0.1) is 0 Å². The predicted molar refractivity (Wildman–Crippen MR) is 89.9 cm³/mol. The average Bonchev–Trinajstić information content (AvgIpc) is 2.47. The molecule has 1 aliphatic rings. The van der Waals surface area contributed by atoms with Crippen LogP contribution in [-0.2, 0) is 9.53 Å². The average molecular weight is 385 g/mol. The van der Waals surface area contributed by atoms with Crippen LogP contribution in [0.1, 0.15) is 23.5 Å². The van der Waals surface area contributed by atoms with Crippen molar-refractivity contribution in [2.24, 2.45) is 5.92 Å². The second-order valence-electron chi connectivity index (χ2n) is 5.25. The largest absolute Gasteiger partial charge is 0.469 e. The van der Waals surface area contributed by atoms with Gasteiger partial charge in [-0.25, -0.2) is 0 Å². The molecule has 0 aromatic heterocycles. The van der Waals surface area contributed by atoms with Gasteiger partial charge in [0.1, 0.15) is 0 Å². The molecule has 3 nitrogen and oxygen atoms in total. The van der Waals surface area contributed by atoms with E-state index in [1.54, 1.807) is 0 Å². The molecule has 1 saturated heterocycles. The number of carbonyl (C=O) groups excluding carboxylic acids is 1. The number of rotatable bonds is 3. The molecule has 0 aliphatic carbocycles. The van der Waals surface area contributed by atoms with E-state index in [9.17, 15) is 4.79 Å². The lowest BCUT2D eigenvalue weighted by atomic mass is 9.80. The molecule has 1 heterocycles. The van der Waals surface area contributed by atoms with Crippen molar-refractivity contribution in [3.05, 3.63) is 39.5 Å². The molecule has 4 heteroatoms. The molecule has 2 atom stereocenters. The number of halogens is 1. The zero-order valence-corrected chi connectivity index (χ0v) is 14.0. The van der Waals surface area contributed by atoms with Crippen LogP contribution in [0, 0.1) is 5.92 Å². The van der Waals surface area contributed by atoms with E-state index in [0.29, 0.717) is 0 Å². The van der Waals surface area contributed by atoms with Crippen molar-refractivity contribution in [2.75, 3.05) is 27.2 Å². The van der Waals surface area contributed by atoms with Crippen LogP contribution >= 0.6 is 22.6 Å². The number of methoxy groups -OCH3 is 1. The standard InChI is InChI=1S/C16H20INO2/c1-18-10-8-14(15(11-18)16(19)20-2)13-5-3-12(4-6-13)7-9-17/h3-7,9,14-15H,8,10-11H2,1-2H3/b9-7-. The maximum absolute atomic E-state index is 12.0. The van der Waals surface area contributed by atoms with E-state index in [1.807, 2.05) is 4.08 Å². The van der Waals surface area contributed by atoms with E-state index in [0.717, 1.165) is 19.5 Å². The first-order chi connectivity index (χ1) is 9.65. The van der Waals surface area contributed by atoms with E-state index in [2.05, 4.69) is 64.9 Å². The van der Waals surface area contributed by atoms with Crippen LogP contribution < -0.4 is 0 Å². The van der Waals surface area contributed by atoms with Gasteiger partial charge in [0, 0.05) is 6.54 Å². The Balaban J connectivity index is 2.21. The minimum atomic E-state index is -0.0993. The van der Waals surface area contributed by atoms with Gasteiger partial charge in [-0.3, -0.25) is 4.79 Å². The summed E-state index contributed by atoms with van der Waals surface area (Å²) in [5.74, 6) is 0.0961. The molecule has 108 valence electrons. The molecular formula is C16H20INO2. The van der Waals surface area contributed by atoms with Gasteiger partial charge in [-0.2, -0.15) is 0 Å². The molecule has 0 saturated carbocycles. The Morgan fingerprint density at radius 3 is 2.70 bits per heavy atom. The SMILES string of the molecule is COC(=O)C1CN(C)CCC1c1ccc(/C=C\I)cc1. The molecule has 0 radical (unpaired) electrons. The summed E-state index contributed by atoms with van der Waals surface area (Å²) in [5, 5.41) is 0. The van der Waals surface area contributed by atoms with Gasteiger partial charge in [0.05, 0.1) is 13.0 Å². The van der Waals surface area contributed by atoms with Crippen LogP contribution in [0.3, 0.4) is 0 Å². The number of likely N-dealkylation sites (tertiary alicyclic amines) is 1. The zero-order valence-electron chi connectivity index (χ0n) is 11.9. The zero-order chi connectivity index (χ0) is 14.5.